The van der Waals surface area contributed by atoms with Crippen molar-refractivity contribution in [2.24, 2.45) is 0 Å². The van der Waals surface area contributed by atoms with E-state index in [4.69, 9.17) is 28.4 Å². The van der Waals surface area contributed by atoms with E-state index in [1.165, 1.54) is 49.4 Å². The summed E-state index contributed by atoms with van der Waals surface area (Å²) in [6.45, 7) is 1.62. The number of rotatable bonds is 11. The molecule has 0 saturated carbocycles. The Kier molecular flexibility index (Phi) is 12.0. The summed E-state index contributed by atoms with van der Waals surface area (Å²) in [4.78, 5) is 25.3. The van der Waals surface area contributed by atoms with Gasteiger partial charge >= 0.3 is 11.9 Å². The largest absolute Gasteiger partial charge is 0.504 e. The molecule has 2 saturated heterocycles. The molecule has 0 spiro atoms. The van der Waals surface area contributed by atoms with Crippen molar-refractivity contribution in [2.75, 3.05) is 13.2 Å². The molecule has 2 heterocycles. The highest BCUT2D eigenvalue weighted by atomic mass is 16.8. The fourth-order valence-corrected chi connectivity index (χ4v) is 5.05. The molecule has 2 fully saturated rings. The topological polar surface area (TPSA) is 251 Å². The zero-order valence-corrected chi connectivity index (χ0v) is 25.4. The Bertz CT molecular complexity index is 1410. The highest BCUT2D eigenvalue weighted by Gasteiger charge is 2.54. The molecule has 0 radical (unpaired) electrons. The third kappa shape index (κ3) is 8.88. The van der Waals surface area contributed by atoms with Crippen LogP contribution in [0.25, 0.3) is 6.08 Å². The number of phenols is 4. The fourth-order valence-electron chi connectivity index (χ4n) is 5.05. The highest BCUT2D eigenvalue weighted by molar-refractivity contribution is 5.87. The van der Waals surface area contributed by atoms with Crippen molar-refractivity contribution in [1.82, 2.24) is 0 Å². The van der Waals surface area contributed by atoms with Gasteiger partial charge in [-0.05, 0) is 54.8 Å². The molecular formula is C31H38O16. The van der Waals surface area contributed by atoms with Crippen molar-refractivity contribution in [2.45, 2.75) is 81.7 Å². The lowest BCUT2D eigenvalue weighted by Gasteiger charge is -2.47. The molecule has 2 aromatic carbocycles. The molecule has 2 aliphatic rings. The van der Waals surface area contributed by atoms with Crippen molar-refractivity contribution in [3.63, 3.8) is 0 Å². The number of carbonyl (C=O) groups excluding carboxylic acids is 2. The molecule has 0 bridgehead atoms. The van der Waals surface area contributed by atoms with E-state index in [1.807, 2.05) is 0 Å². The maximum Gasteiger partial charge on any atom is 0.331 e. The van der Waals surface area contributed by atoms with Crippen LogP contribution in [-0.2, 0) is 44.4 Å². The zero-order valence-electron chi connectivity index (χ0n) is 25.4. The van der Waals surface area contributed by atoms with Crippen LogP contribution in [0.3, 0.4) is 0 Å². The van der Waals surface area contributed by atoms with E-state index >= 15 is 0 Å². The van der Waals surface area contributed by atoms with Crippen molar-refractivity contribution >= 4 is 18.0 Å². The van der Waals surface area contributed by atoms with Crippen LogP contribution in [0.1, 0.15) is 25.0 Å². The number of aliphatic hydroxyl groups is 4. The molecular weight excluding hydrogens is 628 g/mol. The van der Waals surface area contributed by atoms with Crippen LogP contribution in [-0.4, -0.2) is 127 Å². The van der Waals surface area contributed by atoms with E-state index in [0.29, 0.717) is 11.1 Å². The van der Waals surface area contributed by atoms with E-state index < -0.39 is 85.7 Å². The van der Waals surface area contributed by atoms with Crippen LogP contribution in [0.4, 0.5) is 0 Å². The second kappa shape index (κ2) is 15.7. The first kappa shape index (κ1) is 35.8. The number of phenolic OH excluding ortho intramolecular Hbond substituents is 4. The summed E-state index contributed by atoms with van der Waals surface area (Å²) in [5.74, 6) is -3.31. The first-order valence-corrected chi connectivity index (χ1v) is 14.6. The van der Waals surface area contributed by atoms with Gasteiger partial charge in [-0.1, -0.05) is 12.1 Å². The van der Waals surface area contributed by atoms with Crippen LogP contribution in [0.2, 0.25) is 0 Å². The number of aliphatic hydroxyl groups excluding tert-OH is 4. The molecule has 16 heteroatoms. The molecule has 0 unspecified atom stereocenters. The predicted octanol–water partition coefficient (Wildman–Crippen LogP) is -0.445. The molecule has 0 aliphatic carbocycles. The Labute approximate surface area is 268 Å². The third-order valence-corrected chi connectivity index (χ3v) is 7.55. The molecule has 258 valence electrons. The van der Waals surface area contributed by atoms with Crippen molar-refractivity contribution < 1.29 is 78.9 Å². The molecule has 47 heavy (non-hydrogen) atoms. The van der Waals surface area contributed by atoms with Gasteiger partial charge in [0.1, 0.15) is 30.5 Å². The summed E-state index contributed by atoms with van der Waals surface area (Å²) >= 11 is 0. The van der Waals surface area contributed by atoms with Crippen LogP contribution < -0.4 is 0 Å². The SMILES string of the molecule is CC(=O)O[C@H]1[C@H](OCCc2ccc(O)c(O)c2)O[C@H](CO)[C@@H](OC(=O)C=Cc2ccc(O)c(O)c2)[C@@H]1O[C@@H]1O[C@@H](C)[C@H](O)[C@@H](O)[C@H]1O. The summed E-state index contributed by atoms with van der Waals surface area (Å²) in [7, 11) is 0. The molecule has 4 rings (SSSR count). The van der Waals surface area contributed by atoms with E-state index in [1.54, 1.807) is 0 Å². The van der Waals surface area contributed by atoms with Gasteiger partial charge in [-0.2, -0.15) is 0 Å². The van der Waals surface area contributed by atoms with E-state index in [-0.39, 0.29) is 30.3 Å². The highest BCUT2D eigenvalue weighted by Crippen LogP contribution is 2.33. The molecule has 0 amide bonds. The number of hydrogen-bond donors (Lipinski definition) is 8. The second-order valence-corrected chi connectivity index (χ2v) is 11.0. The number of esters is 2. The van der Waals surface area contributed by atoms with Crippen LogP contribution in [0.15, 0.2) is 42.5 Å². The zero-order chi connectivity index (χ0) is 34.4. The van der Waals surface area contributed by atoms with Crippen LogP contribution in [0.5, 0.6) is 23.0 Å². The standard InChI is InChI=1S/C31H38O16/c1-14-24(39)25(40)26(41)30(43-14)47-28-27(46-23(38)8-5-16-3-6-18(34)20(36)11-16)22(13-32)45-31(29(28)44-15(2)33)42-10-9-17-4-7-19(35)21(37)12-17/h3-8,11-12,14,22,24-32,34-37,39-41H,9-10,13H2,1-2H3/t14-,22+,24-,25+,26+,27+,28-,29+,30-,31+/m0/s1. The summed E-state index contributed by atoms with van der Waals surface area (Å²) < 4.78 is 34.4. The minimum atomic E-state index is -1.81. The van der Waals surface area contributed by atoms with Gasteiger partial charge in [0.25, 0.3) is 0 Å². The molecule has 10 atom stereocenters. The second-order valence-electron chi connectivity index (χ2n) is 11.0. The quantitative estimate of drug-likeness (QED) is 0.0859. The lowest BCUT2D eigenvalue weighted by molar-refractivity contribution is -0.358. The number of aromatic hydroxyl groups is 4. The summed E-state index contributed by atoms with van der Waals surface area (Å²) in [5.41, 5.74) is 0.879. The smallest absolute Gasteiger partial charge is 0.331 e. The number of ether oxygens (including phenoxy) is 6. The molecule has 8 N–H and O–H groups in total. The maximum absolute atomic E-state index is 13.0. The summed E-state index contributed by atoms with van der Waals surface area (Å²) in [6, 6.07) is 7.94. The van der Waals surface area contributed by atoms with Gasteiger partial charge in [-0.15, -0.1) is 0 Å². The average molecular weight is 667 g/mol. The van der Waals surface area contributed by atoms with E-state index in [2.05, 4.69) is 0 Å². The van der Waals surface area contributed by atoms with Gasteiger partial charge in [0.15, 0.2) is 47.8 Å². The van der Waals surface area contributed by atoms with Gasteiger partial charge in [-0.25, -0.2) is 4.79 Å². The first-order chi connectivity index (χ1) is 22.3. The number of benzene rings is 2. The first-order valence-electron chi connectivity index (χ1n) is 14.6. The Balaban J connectivity index is 1.61. The minimum Gasteiger partial charge on any atom is -0.504 e. The average Bonchev–Trinajstić information content (AvgIpc) is 3.03. The summed E-state index contributed by atoms with van der Waals surface area (Å²) in [5, 5.41) is 80.1. The van der Waals surface area contributed by atoms with Crippen LogP contribution in [0, 0.1) is 0 Å². The molecule has 0 aromatic heterocycles. The van der Waals surface area contributed by atoms with Crippen molar-refractivity contribution in [1.29, 1.82) is 0 Å². The lowest BCUT2D eigenvalue weighted by Crippen LogP contribution is -2.65. The molecule has 2 aromatic rings. The van der Waals surface area contributed by atoms with Crippen LogP contribution >= 0.6 is 0 Å². The Hall–Kier alpha value is -4.00. The van der Waals surface area contributed by atoms with E-state index in [0.717, 1.165) is 13.0 Å². The predicted molar refractivity (Wildman–Crippen MR) is 157 cm³/mol. The van der Waals surface area contributed by atoms with Gasteiger partial charge in [0.2, 0.25) is 0 Å². The van der Waals surface area contributed by atoms with Gasteiger partial charge in [-0.3, -0.25) is 4.79 Å². The minimum absolute atomic E-state index is 0.103. The fraction of sp³-hybridized carbons (Fsp3) is 0.484. The maximum atomic E-state index is 13.0. The van der Waals surface area contributed by atoms with Crippen molar-refractivity contribution in [3.8, 4) is 23.0 Å². The lowest BCUT2D eigenvalue weighted by atomic mass is 9.96. The third-order valence-electron chi connectivity index (χ3n) is 7.55. The Morgan fingerprint density at radius 1 is 0.809 bits per heavy atom. The summed E-state index contributed by atoms with van der Waals surface area (Å²) in [6.07, 6.45) is -12.7. The van der Waals surface area contributed by atoms with Crippen molar-refractivity contribution in [3.05, 3.63) is 53.6 Å². The Morgan fingerprint density at radius 2 is 1.49 bits per heavy atom. The monoisotopic (exact) mass is 666 g/mol. The Morgan fingerprint density at radius 3 is 2.13 bits per heavy atom. The van der Waals surface area contributed by atoms with E-state index in [9.17, 15) is 50.4 Å². The number of carbonyl (C=O) groups is 2. The van der Waals surface area contributed by atoms with Gasteiger partial charge in [0.05, 0.1) is 19.3 Å². The molecule has 2 aliphatic heterocycles. The normalized spacial score (nSPS) is 31.0. The van der Waals surface area contributed by atoms with Gasteiger partial charge < -0.3 is 69.3 Å². The molecule has 16 nitrogen and oxygen atoms in total. The number of hydrogen-bond acceptors (Lipinski definition) is 16. The van der Waals surface area contributed by atoms with Gasteiger partial charge in [0, 0.05) is 13.0 Å².